The van der Waals surface area contributed by atoms with E-state index in [1.54, 1.807) is 12.1 Å². The maximum atomic E-state index is 12.5. The highest BCUT2D eigenvalue weighted by Crippen LogP contribution is 2.19. The van der Waals surface area contributed by atoms with Crippen molar-refractivity contribution in [2.75, 3.05) is 6.54 Å². The zero-order valence-electron chi connectivity index (χ0n) is 13.4. The van der Waals surface area contributed by atoms with E-state index in [0.717, 1.165) is 36.8 Å². The van der Waals surface area contributed by atoms with Crippen molar-refractivity contribution in [3.8, 4) is 0 Å². The van der Waals surface area contributed by atoms with Gasteiger partial charge in [-0.15, -0.1) is 0 Å². The Morgan fingerprint density at radius 2 is 2.00 bits per heavy atom. The van der Waals surface area contributed by atoms with E-state index in [4.69, 9.17) is 5.73 Å². The smallest absolute Gasteiger partial charge is 0.240 e. The van der Waals surface area contributed by atoms with E-state index in [9.17, 15) is 8.42 Å². The maximum absolute atomic E-state index is 12.5. The number of unbranched alkanes of at least 4 members (excludes halogenated alkanes) is 1. The maximum Gasteiger partial charge on any atom is 0.240 e. The first-order valence-corrected chi connectivity index (χ1v) is 9.22. The summed E-state index contributed by atoms with van der Waals surface area (Å²) in [5.74, 6) is 0.401. The number of hydrogen-bond acceptors (Lipinski definition) is 3. The van der Waals surface area contributed by atoms with Crippen LogP contribution in [0.1, 0.15) is 50.7 Å². The molecule has 5 heteroatoms. The lowest BCUT2D eigenvalue weighted by atomic mass is 10.00. The molecule has 1 unspecified atom stereocenters. The Bertz CT molecular complexity index is 541. The second kappa shape index (κ2) is 8.51. The second-order valence-electron chi connectivity index (χ2n) is 5.51. The molecule has 0 aliphatic heterocycles. The molecule has 1 aromatic rings. The molecule has 1 rings (SSSR count). The minimum absolute atomic E-state index is 0.343. The van der Waals surface area contributed by atoms with Crippen LogP contribution in [0.3, 0.4) is 0 Å². The van der Waals surface area contributed by atoms with Crippen LogP contribution in [0.2, 0.25) is 0 Å². The number of sulfonamides is 1. The normalized spacial score (nSPS) is 13.3. The first kappa shape index (κ1) is 18.1. The predicted octanol–water partition coefficient (Wildman–Crippen LogP) is 2.95. The average molecular weight is 312 g/mol. The summed E-state index contributed by atoms with van der Waals surface area (Å²) >= 11 is 0. The van der Waals surface area contributed by atoms with Crippen molar-refractivity contribution in [2.24, 2.45) is 11.7 Å². The minimum atomic E-state index is -3.46. The molecule has 0 aliphatic carbocycles. The highest BCUT2D eigenvalue weighted by molar-refractivity contribution is 7.89. The molecule has 0 bridgehead atoms. The van der Waals surface area contributed by atoms with Crippen LogP contribution < -0.4 is 10.5 Å². The van der Waals surface area contributed by atoms with Crippen LogP contribution in [-0.2, 0) is 16.6 Å². The van der Waals surface area contributed by atoms with Crippen molar-refractivity contribution < 1.29 is 8.42 Å². The van der Waals surface area contributed by atoms with Gasteiger partial charge in [0.1, 0.15) is 0 Å². The van der Waals surface area contributed by atoms with Gasteiger partial charge in [-0.3, -0.25) is 0 Å². The SMILES string of the molecule is CCCCC(CC)CNS(=O)(=O)c1cccc(CN)c1C. The molecule has 1 aromatic carbocycles. The van der Waals surface area contributed by atoms with Crippen LogP contribution in [-0.4, -0.2) is 15.0 Å². The molecule has 3 N–H and O–H groups in total. The van der Waals surface area contributed by atoms with E-state index in [0.29, 0.717) is 23.9 Å². The zero-order valence-corrected chi connectivity index (χ0v) is 14.2. The molecular weight excluding hydrogens is 284 g/mol. The van der Waals surface area contributed by atoms with Gasteiger partial charge in [-0.25, -0.2) is 13.1 Å². The van der Waals surface area contributed by atoms with Gasteiger partial charge in [-0.05, 0) is 36.5 Å². The number of rotatable bonds is 9. The van der Waals surface area contributed by atoms with Gasteiger partial charge >= 0.3 is 0 Å². The molecule has 0 heterocycles. The van der Waals surface area contributed by atoms with Gasteiger partial charge in [-0.1, -0.05) is 45.2 Å². The van der Waals surface area contributed by atoms with Crippen LogP contribution in [0.5, 0.6) is 0 Å². The highest BCUT2D eigenvalue weighted by atomic mass is 32.2. The van der Waals surface area contributed by atoms with Crippen molar-refractivity contribution in [3.05, 3.63) is 29.3 Å². The molecule has 0 fully saturated rings. The van der Waals surface area contributed by atoms with Gasteiger partial charge in [0.25, 0.3) is 0 Å². The van der Waals surface area contributed by atoms with Gasteiger partial charge < -0.3 is 5.73 Å². The lowest BCUT2D eigenvalue weighted by Gasteiger charge is -2.17. The largest absolute Gasteiger partial charge is 0.326 e. The van der Waals surface area contributed by atoms with Crippen LogP contribution in [0.4, 0.5) is 0 Å². The molecule has 0 radical (unpaired) electrons. The molecule has 0 spiro atoms. The molecule has 0 saturated heterocycles. The van der Waals surface area contributed by atoms with Crippen LogP contribution in [0, 0.1) is 12.8 Å². The fourth-order valence-electron chi connectivity index (χ4n) is 2.42. The first-order valence-electron chi connectivity index (χ1n) is 7.74. The number of nitrogens with two attached hydrogens (primary N) is 1. The van der Waals surface area contributed by atoms with Gasteiger partial charge in [0.2, 0.25) is 10.0 Å². The van der Waals surface area contributed by atoms with Crippen molar-refractivity contribution in [2.45, 2.75) is 57.9 Å². The third kappa shape index (κ3) is 5.09. The molecule has 1 atom stereocenters. The summed E-state index contributed by atoms with van der Waals surface area (Å²) in [6.45, 7) is 6.92. The monoisotopic (exact) mass is 312 g/mol. The highest BCUT2D eigenvalue weighted by Gasteiger charge is 2.19. The Hall–Kier alpha value is -0.910. The summed E-state index contributed by atoms with van der Waals surface area (Å²) in [6.07, 6.45) is 4.34. The Labute approximate surface area is 129 Å². The van der Waals surface area contributed by atoms with Crippen molar-refractivity contribution in [3.63, 3.8) is 0 Å². The average Bonchev–Trinajstić information content (AvgIpc) is 2.47. The lowest BCUT2D eigenvalue weighted by molar-refractivity contribution is 0.443. The van der Waals surface area contributed by atoms with Gasteiger partial charge in [0.05, 0.1) is 4.90 Å². The number of benzene rings is 1. The van der Waals surface area contributed by atoms with Gasteiger partial charge in [0, 0.05) is 13.1 Å². The summed E-state index contributed by atoms with van der Waals surface area (Å²) in [5.41, 5.74) is 7.26. The van der Waals surface area contributed by atoms with Gasteiger partial charge in [-0.2, -0.15) is 0 Å². The van der Waals surface area contributed by atoms with Crippen molar-refractivity contribution >= 4 is 10.0 Å². The zero-order chi connectivity index (χ0) is 15.9. The summed E-state index contributed by atoms with van der Waals surface area (Å²) < 4.78 is 27.7. The third-order valence-corrected chi connectivity index (χ3v) is 5.58. The Morgan fingerprint density at radius 3 is 2.57 bits per heavy atom. The Balaban J connectivity index is 2.82. The van der Waals surface area contributed by atoms with Gasteiger partial charge in [0.15, 0.2) is 0 Å². The van der Waals surface area contributed by atoms with Crippen LogP contribution in [0.15, 0.2) is 23.1 Å². The van der Waals surface area contributed by atoms with Crippen LogP contribution in [0.25, 0.3) is 0 Å². The predicted molar refractivity (Wildman–Crippen MR) is 87.6 cm³/mol. The Kier molecular flexibility index (Phi) is 7.35. The Morgan fingerprint density at radius 1 is 1.29 bits per heavy atom. The minimum Gasteiger partial charge on any atom is -0.326 e. The summed E-state index contributed by atoms with van der Waals surface area (Å²) in [5, 5.41) is 0. The lowest BCUT2D eigenvalue weighted by Crippen LogP contribution is -2.30. The number of nitrogens with one attached hydrogen (secondary N) is 1. The van der Waals surface area contributed by atoms with Crippen molar-refractivity contribution in [1.29, 1.82) is 0 Å². The number of hydrogen-bond donors (Lipinski definition) is 2. The van der Waals surface area contributed by atoms with E-state index in [1.807, 2.05) is 13.0 Å². The fourth-order valence-corrected chi connectivity index (χ4v) is 3.82. The van der Waals surface area contributed by atoms with E-state index >= 15 is 0 Å². The van der Waals surface area contributed by atoms with E-state index < -0.39 is 10.0 Å². The quantitative estimate of drug-likeness (QED) is 0.736. The molecule has 0 aliphatic rings. The summed E-state index contributed by atoms with van der Waals surface area (Å²) in [4.78, 5) is 0.343. The second-order valence-corrected chi connectivity index (χ2v) is 7.25. The molecular formula is C16H28N2O2S. The third-order valence-electron chi connectivity index (χ3n) is 4.01. The van der Waals surface area contributed by atoms with E-state index in [2.05, 4.69) is 18.6 Å². The summed E-state index contributed by atoms with van der Waals surface area (Å²) in [6, 6.07) is 5.26. The van der Waals surface area contributed by atoms with Crippen LogP contribution >= 0.6 is 0 Å². The van der Waals surface area contributed by atoms with E-state index in [1.165, 1.54) is 0 Å². The molecule has 120 valence electrons. The molecule has 4 nitrogen and oxygen atoms in total. The summed E-state index contributed by atoms with van der Waals surface area (Å²) in [7, 11) is -3.46. The van der Waals surface area contributed by atoms with E-state index in [-0.39, 0.29) is 0 Å². The fraction of sp³-hybridized carbons (Fsp3) is 0.625. The molecule has 0 saturated carbocycles. The molecule has 21 heavy (non-hydrogen) atoms. The topological polar surface area (TPSA) is 72.2 Å². The molecule has 0 aromatic heterocycles. The standard InChI is InChI=1S/C16H28N2O2S/c1-4-6-8-14(5-2)12-18-21(19,20)16-10-7-9-15(11-17)13(16)3/h7,9-10,14,18H,4-6,8,11-12,17H2,1-3H3. The first-order chi connectivity index (χ1) is 9.96. The molecule has 0 amide bonds. The van der Waals surface area contributed by atoms with Crippen molar-refractivity contribution in [1.82, 2.24) is 4.72 Å².